The van der Waals surface area contributed by atoms with E-state index in [9.17, 15) is 4.79 Å². The van der Waals surface area contributed by atoms with E-state index >= 15 is 0 Å². The van der Waals surface area contributed by atoms with Gasteiger partial charge >= 0.3 is 0 Å². The Hall–Kier alpha value is -1.75. The first-order valence-electron chi connectivity index (χ1n) is 6.67. The van der Waals surface area contributed by atoms with Gasteiger partial charge in [-0.25, -0.2) is 0 Å². The van der Waals surface area contributed by atoms with Gasteiger partial charge in [-0.2, -0.15) is 0 Å². The van der Waals surface area contributed by atoms with E-state index in [0.29, 0.717) is 11.4 Å². The number of nitrogen functional groups attached to an aromatic ring is 1. The Kier molecular flexibility index (Phi) is 4.63. The molecule has 0 atom stereocenters. The van der Waals surface area contributed by atoms with Gasteiger partial charge in [0.05, 0.1) is 0 Å². The summed E-state index contributed by atoms with van der Waals surface area (Å²) in [4.78, 5) is 16.2. The summed E-state index contributed by atoms with van der Waals surface area (Å²) in [6.45, 7) is 6.72. The summed E-state index contributed by atoms with van der Waals surface area (Å²) in [6, 6.07) is 7.13. The van der Waals surface area contributed by atoms with Crippen LogP contribution < -0.4 is 10.5 Å². The number of likely N-dealkylation sites (N-methyl/N-ethyl adjacent to an activating group) is 1. The molecule has 19 heavy (non-hydrogen) atoms. The van der Waals surface area contributed by atoms with E-state index in [2.05, 4.69) is 11.8 Å². The van der Waals surface area contributed by atoms with Crippen molar-refractivity contribution in [3.8, 4) is 5.75 Å². The number of piperazine rings is 1. The van der Waals surface area contributed by atoms with Crippen LogP contribution in [0.15, 0.2) is 24.3 Å². The van der Waals surface area contributed by atoms with Crippen molar-refractivity contribution < 1.29 is 9.53 Å². The molecule has 0 radical (unpaired) electrons. The summed E-state index contributed by atoms with van der Waals surface area (Å²) in [7, 11) is 0. The number of benzene rings is 1. The van der Waals surface area contributed by atoms with Gasteiger partial charge in [-0.05, 0) is 18.7 Å². The highest BCUT2D eigenvalue weighted by atomic mass is 16.5. The molecule has 1 aromatic rings. The number of carbonyl (C=O) groups is 1. The van der Waals surface area contributed by atoms with E-state index in [1.807, 2.05) is 11.0 Å². The Morgan fingerprint density at radius 1 is 1.32 bits per heavy atom. The summed E-state index contributed by atoms with van der Waals surface area (Å²) in [5.41, 5.74) is 6.30. The molecule has 0 aromatic heterocycles. The number of rotatable bonds is 4. The maximum atomic E-state index is 12.0. The first-order valence-corrected chi connectivity index (χ1v) is 6.67. The molecule has 0 saturated carbocycles. The van der Waals surface area contributed by atoms with Gasteiger partial charge in [-0.15, -0.1) is 0 Å². The van der Waals surface area contributed by atoms with E-state index in [1.165, 1.54) is 0 Å². The number of nitrogens with zero attached hydrogens (tertiary/aromatic N) is 2. The highest BCUT2D eigenvalue weighted by molar-refractivity contribution is 5.77. The van der Waals surface area contributed by atoms with Gasteiger partial charge in [0.25, 0.3) is 5.91 Å². The van der Waals surface area contributed by atoms with Crippen molar-refractivity contribution in [3.63, 3.8) is 0 Å². The summed E-state index contributed by atoms with van der Waals surface area (Å²) in [5.74, 6) is 0.679. The number of ether oxygens (including phenoxy) is 1. The highest BCUT2D eigenvalue weighted by Crippen LogP contribution is 2.14. The molecule has 1 heterocycles. The van der Waals surface area contributed by atoms with E-state index in [1.54, 1.807) is 18.2 Å². The van der Waals surface area contributed by atoms with Crippen molar-refractivity contribution in [3.05, 3.63) is 24.3 Å². The molecule has 5 nitrogen and oxygen atoms in total. The van der Waals surface area contributed by atoms with Crippen LogP contribution in [0.25, 0.3) is 0 Å². The average Bonchev–Trinajstić information content (AvgIpc) is 2.45. The maximum Gasteiger partial charge on any atom is 0.260 e. The Morgan fingerprint density at radius 2 is 2.05 bits per heavy atom. The molecule has 2 N–H and O–H groups in total. The first kappa shape index (κ1) is 13.7. The average molecular weight is 263 g/mol. The Morgan fingerprint density at radius 3 is 2.68 bits per heavy atom. The third-order valence-corrected chi connectivity index (χ3v) is 3.39. The Balaban J connectivity index is 1.79. The molecule has 1 amide bonds. The molecule has 0 unspecified atom stereocenters. The smallest absolute Gasteiger partial charge is 0.260 e. The van der Waals surface area contributed by atoms with Crippen molar-refractivity contribution in [1.29, 1.82) is 0 Å². The highest BCUT2D eigenvalue weighted by Gasteiger charge is 2.20. The second-order valence-corrected chi connectivity index (χ2v) is 4.68. The fourth-order valence-electron chi connectivity index (χ4n) is 2.15. The SMILES string of the molecule is CCN1CCN(C(=O)COc2cccc(N)c2)CC1. The minimum atomic E-state index is 0.0400. The van der Waals surface area contributed by atoms with E-state index in [0.717, 1.165) is 32.7 Å². The third kappa shape index (κ3) is 3.86. The lowest BCUT2D eigenvalue weighted by molar-refractivity contribution is -0.135. The number of nitrogens with two attached hydrogens (primary N) is 1. The largest absolute Gasteiger partial charge is 0.484 e. The zero-order chi connectivity index (χ0) is 13.7. The Bertz CT molecular complexity index is 428. The van der Waals surface area contributed by atoms with Crippen molar-refractivity contribution in [2.45, 2.75) is 6.92 Å². The zero-order valence-electron chi connectivity index (χ0n) is 11.3. The van der Waals surface area contributed by atoms with Crippen molar-refractivity contribution >= 4 is 11.6 Å². The van der Waals surface area contributed by atoms with Crippen LogP contribution in [0.5, 0.6) is 5.75 Å². The zero-order valence-corrected chi connectivity index (χ0v) is 11.3. The molecule has 1 aromatic carbocycles. The minimum Gasteiger partial charge on any atom is -0.484 e. The summed E-state index contributed by atoms with van der Waals surface area (Å²) in [5, 5.41) is 0. The van der Waals surface area contributed by atoms with Gasteiger partial charge in [-0.3, -0.25) is 4.79 Å². The van der Waals surface area contributed by atoms with Crippen LogP contribution in [0.1, 0.15) is 6.92 Å². The van der Waals surface area contributed by atoms with E-state index in [4.69, 9.17) is 10.5 Å². The quantitative estimate of drug-likeness (QED) is 0.817. The van der Waals surface area contributed by atoms with Crippen LogP contribution >= 0.6 is 0 Å². The molecule has 0 spiro atoms. The monoisotopic (exact) mass is 263 g/mol. The van der Waals surface area contributed by atoms with Crippen molar-refractivity contribution in [2.75, 3.05) is 45.1 Å². The van der Waals surface area contributed by atoms with Gasteiger partial charge in [0.2, 0.25) is 0 Å². The Labute approximate surface area is 113 Å². The molecule has 104 valence electrons. The van der Waals surface area contributed by atoms with Crippen LogP contribution in [0.4, 0.5) is 5.69 Å². The summed E-state index contributed by atoms with van der Waals surface area (Å²) in [6.07, 6.45) is 0. The van der Waals surface area contributed by atoms with Crippen LogP contribution in [0.3, 0.4) is 0 Å². The molecule has 1 aliphatic heterocycles. The summed E-state index contributed by atoms with van der Waals surface area (Å²) >= 11 is 0. The molecule has 0 bridgehead atoms. The number of hydrogen-bond acceptors (Lipinski definition) is 4. The van der Waals surface area contributed by atoms with Crippen LogP contribution in [-0.4, -0.2) is 55.0 Å². The molecule has 2 rings (SSSR count). The molecular formula is C14H21N3O2. The van der Waals surface area contributed by atoms with Crippen molar-refractivity contribution in [2.24, 2.45) is 0 Å². The first-order chi connectivity index (χ1) is 9.19. The van der Waals surface area contributed by atoms with Gasteiger partial charge in [0.1, 0.15) is 5.75 Å². The molecule has 1 fully saturated rings. The number of carbonyl (C=O) groups excluding carboxylic acids is 1. The van der Waals surface area contributed by atoms with Gasteiger partial charge in [-0.1, -0.05) is 13.0 Å². The molecular weight excluding hydrogens is 242 g/mol. The fourth-order valence-corrected chi connectivity index (χ4v) is 2.15. The van der Waals surface area contributed by atoms with Gasteiger partial charge in [0, 0.05) is 37.9 Å². The third-order valence-electron chi connectivity index (χ3n) is 3.39. The fraction of sp³-hybridized carbons (Fsp3) is 0.500. The summed E-state index contributed by atoms with van der Waals surface area (Å²) < 4.78 is 5.47. The van der Waals surface area contributed by atoms with Crippen LogP contribution in [0.2, 0.25) is 0 Å². The molecule has 1 saturated heterocycles. The normalized spacial score (nSPS) is 16.4. The topological polar surface area (TPSA) is 58.8 Å². The molecule has 1 aliphatic rings. The minimum absolute atomic E-state index is 0.0400. The molecule has 5 heteroatoms. The second kappa shape index (κ2) is 6.43. The van der Waals surface area contributed by atoms with E-state index in [-0.39, 0.29) is 12.5 Å². The van der Waals surface area contributed by atoms with Crippen LogP contribution in [-0.2, 0) is 4.79 Å². The predicted molar refractivity (Wildman–Crippen MR) is 75.0 cm³/mol. The van der Waals surface area contributed by atoms with Crippen molar-refractivity contribution in [1.82, 2.24) is 9.80 Å². The van der Waals surface area contributed by atoms with Crippen LogP contribution in [0, 0.1) is 0 Å². The second-order valence-electron chi connectivity index (χ2n) is 4.68. The molecule has 0 aliphatic carbocycles. The number of hydrogen-bond donors (Lipinski definition) is 1. The lowest BCUT2D eigenvalue weighted by Gasteiger charge is -2.33. The van der Waals surface area contributed by atoms with Gasteiger partial charge in [0.15, 0.2) is 6.61 Å². The maximum absolute atomic E-state index is 12.0. The van der Waals surface area contributed by atoms with E-state index < -0.39 is 0 Å². The lowest BCUT2D eigenvalue weighted by atomic mass is 10.3. The van der Waals surface area contributed by atoms with Gasteiger partial charge < -0.3 is 20.3 Å². The number of amides is 1. The standard InChI is InChI=1S/C14H21N3O2/c1-2-16-6-8-17(9-7-16)14(18)11-19-13-5-3-4-12(15)10-13/h3-5,10H,2,6-9,11,15H2,1H3. The lowest BCUT2D eigenvalue weighted by Crippen LogP contribution is -2.49. The number of anilines is 1. The predicted octanol–water partition coefficient (Wildman–Crippen LogP) is 0.812.